The molecule has 0 heterocycles. The Labute approximate surface area is 103 Å². The van der Waals surface area contributed by atoms with Gasteiger partial charge in [-0.3, -0.25) is 0 Å². The van der Waals surface area contributed by atoms with Crippen LogP contribution in [-0.4, -0.2) is 13.1 Å². The maximum Gasteiger partial charge on any atom is 0.000516 e. The minimum atomic E-state index is 0.472. The molecule has 16 heavy (non-hydrogen) atoms. The van der Waals surface area contributed by atoms with Gasteiger partial charge in [-0.15, -0.1) is 0 Å². The summed E-state index contributed by atoms with van der Waals surface area (Å²) in [4.78, 5) is 0. The molecule has 0 spiro atoms. The van der Waals surface area contributed by atoms with Crippen molar-refractivity contribution < 1.29 is 0 Å². The molecule has 0 aliphatic heterocycles. The standard InChI is InChI=1S/C15H33N/c1-7-9-15(6,13-16-12-8-2)11-10-14(3,4)5/h16H,7-13H2,1-6H3. The van der Waals surface area contributed by atoms with Gasteiger partial charge in [-0.1, -0.05) is 48.0 Å². The van der Waals surface area contributed by atoms with Crippen molar-refractivity contribution >= 4 is 0 Å². The predicted octanol–water partition coefficient (Wildman–Crippen LogP) is 4.62. The van der Waals surface area contributed by atoms with Gasteiger partial charge in [-0.05, 0) is 43.1 Å². The quantitative estimate of drug-likeness (QED) is 0.597. The first-order valence-corrected chi connectivity index (χ1v) is 7.04. The predicted molar refractivity (Wildman–Crippen MR) is 74.9 cm³/mol. The van der Waals surface area contributed by atoms with Gasteiger partial charge >= 0.3 is 0 Å². The van der Waals surface area contributed by atoms with Crippen molar-refractivity contribution in [1.82, 2.24) is 5.32 Å². The zero-order valence-electron chi connectivity index (χ0n) is 12.4. The van der Waals surface area contributed by atoms with Crippen molar-refractivity contribution in [3.05, 3.63) is 0 Å². The Hall–Kier alpha value is -0.0400. The van der Waals surface area contributed by atoms with E-state index in [0.717, 1.165) is 6.54 Å². The van der Waals surface area contributed by atoms with Crippen molar-refractivity contribution in [2.75, 3.05) is 13.1 Å². The number of rotatable bonds is 8. The highest BCUT2D eigenvalue weighted by molar-refractivity contribution is 4.79. The lowest BCUT2D eigenvalue weighted by Gasteiger charge is -2.33. The maximum atomic E-state index is 3.60. The van der Waals surface area contributed by atoms with Crippen molar-refractivity contribution in [3.8, 4) is 0 Å². The lowest BCUT2D eigenvalue weighted by Crippen LogP contribution is -2.33. The number of hydrogen-bond acceptors (Lipinski definition) is 1. The molecule has 0 fully saturated rings. The van der Waals surface area contributed by atoms with Crippen LogP contribution in [0.3, 0.4) is 0 Å². The van der Waals surface area contributed by atoms with Gasteiger partial charge in [0.25, 0.3) is 0 Å². The molecule has 1 heteroatoms. The summed E-state index contributed by atoms with van der Waals surface area (Å²) in [5.74, 6) is 0. The summed E-state index contributed by atoms with van der Waals surface area (Å²) in [6.07, 6.45) is 6.56. The molecule has 0 saturated heterocycles. The van der Waals surface area contributed by atoms with E-state index in [0.29, 0.717) is 10.8 Å². The molecular formula is C15H33N. The van der Waals surface area contributed by atoms with E-state index in [-0.39, 0.29) is 0 Å². The fraction of sp³-hybridized carbons (Fsp3) is 1.00. The van der Waals surface area contributed by atoms with E-state index in [1.165, 1.54) is 38.6 Å². The smallest absolute Gasteiger partial charge is 0.000516 e. The van der Waals surface area contributed by atoms with E-state index in [4.69, 9.17) is 0 Å². The highest BCUT2D eigenvalue weighted by Gasteiger charge is 2.25. The third-order valence-electron chi connectivity index (χ3n) is 3.31. The van der Waals surface area contributed by atoms with Gasteiger partial charge in [0.1, 0.15) is 0 Å². The van der Waals surface area contributed by atoms with Crippen LogP contribution >= 0.6 is 0 Å². The van der Waals surface area contributed by atoms with Crippen molar-refractivity contribution in [3.63, 3.8) is 0 Å². The van der Waals surface area contributed by atoms with E-state index in [1.54, 1.807) is 0 Å². The van der Waals surface area contributed by atoms with Crippen LogP contribution in [0.25, 0.3) is 0 Å². The van der Waals surface area contributed by atoms with Crippen molar-refractivity contribution in [1.29, 1.82) is 0 Å². The second-order valence-electron chi connectivity index (χ2n) is 6.80. The second kappa shape index (κ2) is 7.32. The number of hydrogen-bond donors (Lipinski definition) is 1. The first kappa shape index (κ1) is 16.0. The van der Waals surface area contributed by atoms with Gasteiger partial charge in [0.05, 0.1) is 0 Å². The molecule has 0 aromatic carbocycles. The third kappa shape index (κ3) is 8.15. The maximum absolute atomic E-state index is 3.60. The van der Waals surface area contributed by atoms with Crippen LogP contribution < -0.4 is 5.32 Å². The molecule has 1 unspecified atom stereocenters. The molecule has 98 valence electrons. The molecule has 0 bridgehead atoms. The van der Waals surface area contributed by atoms with E-state index < -0.39 is 0 Å². The summed E-state index contributed by atoms with van der Waals surface area (Å²) in [5.41, 5.74) is 0.969. The Morgan fingerprint density at radius 2 is 1.44 bits per heavy atom. The molecule has 0 saturated carbocycles. The molecule has 0 aromatic rings. The van der Waals surface area contributed by atoms with Crippen molar-refractivity contribution in [2.24, 2.45) is 10.8 Å². The Morgan fingerprint density at radius 3 is 1.88 bits per heavy atom. The Balaban J connectivity index is 4.10. The van der Waals surface area contributed by atoms with Crippen LogP contribution in [0.15, 0.2) is 0 Å². The normalized spacial score (nSPS) is 16.1. The van der Waals surface area contributed by atoms with Crippen molar-refractivity contribution in [2.45, 2.75) is 73.6 Å². The summed E-state index contributed by atoms with van der Waals surface area (Å²) in [5, 5.41) is 3.60. The summed E-state index contributed by atoms with van der Waals surface area (Å²) >= 11 is 0. The zero-order valence-corrected chi connectivity index (χ0v) is 12.4. The van der Waals surface area contributed by atoms with E-state index >= 15 is 0 Å². The van der Waals surface area contributed by atoms with Gasteiger partial charge in [0, 0.05) is 6.54 Å². The summed E-state index contributed by atoms with van der Waals surface area (Å²) in [7, 11) is 0. The van der Waals surface area contributed by atoms with E-state index in [9.17, 15) is 0 Å². The molecule has 1 nitrogen and oxygen atoms in total. The Kier molecular flexibility index (Phi) is 7.30. The zero-order chi connectivity index (χ0) is 12.7. The summed E-state index contributed by atoms with van der Waals surface area (Å²) < 4.78 is 0. The first-order chi connectivity index (χ1) is 7.33. The molecule has 0 rings (SSSR count). The van der Waals surface area contributed by atoms with Gasteiger partial charge in [0.15, 0.2) is 0 Å². The van der Waals surface area contributed by atoms with Gasteiger partial charge in [-0.25, -0.2) is 0 Å². The minimum absolute atomic E-state index is 0.472. The number of nitrogens with one attached hydrogen (secondary N) is 1. The molecule has 0 amide bonds. The SMILES string of the molecule is CCCNCC(C)(CCC)CCC(C)(C)C. The fourth-order valence-electron chi connectivity index (χ4n) is 2.15. The van der Waals surface area contributed by atoms with Crippen LogP contribution in [0.5, 0.6) is 0 Å². The first-order valence-electron chi connectivity index (χ1n) is 7.04. The van der Waals surface area contributed by atoms with Gasteiger partial charge in [0.2, 0.25) is 0 Å². The molecule has 0 aliphatic rings. The third-order valence-corrected chi connectivity index (χ3v) is 3.31. The Bertz CT molecular complexity index is 169. The van der Waals surface area contributed by atoms with Crippen LogP contribution in [0, 0.1) is 10.8 Å². The van der Waals surface area contributed by atoms with Crippen LogP contribution in [-0.2, 0) is 0 Å². The molecule has 0 radical (unpaired) electrons. The lowest BCUT2D eigenvalue weighted by atomic mass is 9.76. The highest BCUT2D eigenvalue weighted by Crippen LogP contribution is 2.33. The topological polar surface area (TPSA) is 12.0 Å². The lowest BCUT2D eigenvalue weighted by molar-refractivity contribution is 0.210. The molecule has 1 N–H and O–H groups in total. The minimum Gasteiger partial charge on any atom is -0.316 e. The molecule has 0 aromatic heterocycles. The fourth-order valence-corrected chi connectivity index (χ4v) is 2.15. The highest BCUT2D eigenvalue weighted by atomic mass is 14.9. The summed E-state index contributed by atoms with van der Waals surface area (Å²) in [6, 6.07) is 0. The largest absolute Gasteiger partial charge is 0.316 e. The monoisotopic (exact) mass is 227 g/mol. The summed E-state index contributed by atoms with van der Waals surface area (Å²) in [6.45, 7) is 16.4. The average molecular weight is 227 g/mol. The van der Waals surface area contributed by atoms with E-state index in [2.05, 4.69) is 46.9 Å². The van der Waals surface area contributed by atoms with Crippen LogP contribution in [0.2, 0.25) is 0 Å². The van der Waals surface area contributed by atoms with Crippen LogP contribution in [0.1, 0.15) is 73.6 Å². The Morgan fingerprint density at radius 1 is 0.812 bits per heavy atom. The van der Waals surface area contributed by atoms with E-state index in [1.807, 2.05) is 0 Å². The molecule has 1 atom stereocenters. The second-order valence-corrected chi connectivity index (χ2v) is 6.80. The van der Waals surface area contributed by atoms with Crippen LogP contribution in [0.4, 0.5) is 0 Å². The molecule has 0 aliphatic carbocycles. The average Bonchev–Trinajstić information content (AvgIpc) is 2.15. The van der Waals surface area contributed by atoms with Gasteiger partial charge in [-0.2, -0.15) is 0 Å². The molecular weight excluding hydrogens is 194 g/mol. The van der Waals surface area contributed by atoms with Gasteiger partial charge < -0.3 is 5.32 Å².